The van der Waals surface area contributed by atoms with Crippen LogP contribution < -0.4 is 15.0 Å². The zero-order chi connectivity index (χ0) is 30.5. The number of benzene rings is 8. The summed E-state index contributed by atoms with van der Waals surface area (Å²) in [4.78, 5) is 2.35. The van der Waals surface area contributed by atoms with Gasteiger partial charge in [-0.1, -0.05) is 133 Å². The van der Waals surface area contributed by atoms with E-state index < -0.39 is 0 Å². The first-order valence-electron chi connectivity index (χ1n) is 15.7. The lowest BCUT2D eigenvalue weighted by Crippen LogP contribution is -2.11. The Labute approximate surface area is 267 Å². The average Bonchev–Trinajstić information content (AvgIpc) is 3.59. The Morgan fingerprint density at radius 3 is 1.91 bits per heavy atom. The molecule has 0 aromatic heterocycles. The zero-order valence-corrected chi connectivity index (χ0v) is 25.1. The van der Waals surface area contributed by atoms with Crippen molar-refractivity contribution in [1.29, 1.82) is 0 Å². The van der Waals surface area contributed by atoms with Crippen LogP contribution in [0.15, 0.2) is 170 Å². The van der Waals surface area contributed by atoms with E-state index in [1.165, 1.54) is 27.3 Å². The molecular weight excluding hydrogens is 560 g/mol. The van der Waals surface area contributed by atoms with Gasteiger partial charge in [0, 0.05) is 22.3 Å². The number of para-hydroxylation sites is 1. The van der Waals surface area contributed by atoms with E-state index in [0.29, 0.717) is 0 Å². The molecule has 8 aromatic rings. The first kappa shape index (κ1) is 26.4. The van der Waals surface area contributed by atoms with Gasteiger partial charge < -0.3 is 15.0 Å². The molecule has 0 bridgehead atoms. The first-order chi connectivity index (χ1) is 22.8. The van der Waals surface area contributed by atoms with E-state index in [1.807, 2.05) is 6.07 Å². The van der Waals surface area contributed by atoms with Crippen molar-refractivity contribution in [2.75, 3.05) is 10.2 Å². The summed E-state index contributed by atoms with van der Waals surface area (Å²) in [5, 5.41) is 10.8. The van der Waals surface area contributed by atoms with Gasteiger partial charge in [-0.15, -0.1) is 0 Å². The van der Waals surface area contributed by atoms with Crippen molar-refractivity contribution in [3.05, 3.63) is 175 Å². The van der Waals surface area contributed by atoms with Crippen molar-refractivity contribution in [1.82, 2.24) is 0 Å². The number of hydrogen-bond donors (Lipinski definition) is 1. The second kappa shape index (κ2) is 10.8. The van der Waals surface area contributed by atoms with E-state index in [4.69, 9.17) is 4.74 Å². The monoisotopic (exact) mass is 590 g/mol. The van der Waals surface area contributed by atoms with Gasteiger partial charge in [-0.3, -0.25) is 0 Å². The highest BCUT2D eigenvalue weighted by Gasteiger charge is 2.30. The lowest BCUT2D eigenvalue weighted by molar-refractivity contribution is 0.262. The van der Waals surface area contributed by atoms with Crippen molar-refractivity contribution in [2.24, 2.45) is 0 Å². The Balaban J connectivity index is 1.23. The molecule has 1 atom stereocenters. The highest BCUT2D eigenvalue weighted by Crippen LogP contribution is 2.53. The molecular formula is C43H30N2O. The molecule has 0 aliphatic carbocycles. The van der Waals surface area contributed by atoms with Crippen molar-refractivity contribution >= 4 is 55.1 Å². The van der Waals surface area contributed by atoms with Crippen molar-refractivity contribution in [3.8, 4) is 16.9 Å². The fourth-order valence-electron chi connectivity index (χ4n) is 6.87. The Bertz CT molecular complexity index is 2370. The van der Waals surface area contributed by atoms with Crippen LogP contribution in [0.5, 0.6) is 5.75 Å². The molecule has 3 heteroatoms. The summed E-state index contributed by atoms with van der Waals surface area (Å²) < 4.78 is 6.85. The second-order valence-corrected chi connectivity index (χ2v) is 11.8. The molecule has 46 heavy (non-hydrogen) atoms. The van der Waals surface area contributed by atoms with Crippen LogP contribution in [-0.4, -0.2) is 0 Å². The number of anilines is 4. The van der Waals surface area contributed by atoms with Gasteiger partial charge in [-0.25, -0.2) is 0 Å². The highest BCUT2D eigenvalue weighted by atomic mass is 16.5. The SMILES string of the molecule is c1ccc(C2Nc3c(c4c(N(c5ccccc5)c5ccc(-c6ccc7ccccc7c6)cc5)cccc4c4ccccc34)O2)cc1. The van der Waals surface area contributed by atoms with Gasteiger partial charge >= 0.3 is 0 Å². The number of nitrogens with zero attached hydrogens (tertiary/aromatic N) is 1. The lowest BCUT2D eigenvalue weighted by Gasteiger charge is -2.28. The molecule has 1 unspecified atom stereocenters. The Morgan fingerprint density at radius 2 is 1.11 bits per heavy atom. The van der Waals surface area contributed by atoms with Gasteiger partial charge in [0.2, 0.25) is 0 Å². The molecule has 0 saturated heterocycles. The van der Waals surface area contributed by atoms with Crippen LogP contribution >= 0.6 is 0 Å². The van der Waals surface area contributed by atoms with Gasteiger partial charge in [-0.05, 0) is 69.1 Å². The minimum atomic E-state index is -0.273. The molecule has 1 N–H and O–H groups in total. The summed E-state index contributed by atoms with van der Waals surface area (Å²) >= 11 is 0. The number of ether oxygens (including phenoxy) is 1. The molecule has 0 spiro atoms. The summed E-state index contributed by atoms with van der Waals surface area (Å²) in [5.41, 5.74) is 7.75. The Kier molecular flexibility index (Phi) is 6.20. The van der Waals surface area contributed by atoms with Crippen LogP contribution in [-0.2, 0) is 0 Å². The maximum Gasteiger partial charge on any atom is 0.196 e. The third kappa shape index (κ3) is 4.36. The van der Waals surface area contributed by atoms with Crippen molar-refractivity contribution < 1.29 is 4.74 Å². The Hall–Kier alpha value is -6.06. The maximum absolute atomic E-state index is 6.85. The second-order valence-electron chi connectivity index (χ2n) is 11.8. The Morgan fingerprint density at radius 1 is 0.478 bits per heavy atom. The van der Waals surface area contributed by atoms with Crippen LogP contribution in [0.2, 0.25) is 0 Å². The number of nitrogens with one attached hydrogen (secondary N) is 1. The van der Waals surface area contributed by atoms with Crippen LogP contribution in [0.25, 0.3) is 43.4 Å². The molecule has 3 nitrogen and oxygen atoms in total. The fraction of sp³-hybridized carbons (Fsp3) is 0.0233. The summed E-state index contributed by atoms with van der Waals surface area (Å²) in [7, 11) is 0. The molecule has 8 aromatic carbocycles. The molecule has 0 saturated carbocycles. The predicted molar refractivity (Wildman–Crippen MR) is 193 cm³/mol. The summed E-state index contributed by atoms with van der Waals surface area (Å²) in [6.45, 7) is 0. The van der Waals surface area contributed by atoms with Crippen LogP contribution in [0.4, 0.5) is 22.7 Å². The predicted octanol–water partition coefficient (Wildman–Crippen LogP) is 11.8. The van der Waals surface area contributed by atoms with E-state index in [2.05, 4.69) is 174 Å². The lowest BCUT2D eigenvalue weighted by atomic mass is 9.97. The molecule has 0 fully saturated rings. The van der Waals surface area contributed by atoms with Crippen LogP contribution in [0, 0.1) is 0 Å². The van der Waals surface area contributed by atoms with Gasteiger partial charge in [-0.2, -0.15) is 0 Å². The molecule has 9 rings (SSSR count). The van der Waals surface area contributed by atoms with E-state index in [0.717, 1.165) is 50.2 Å². The van der Waals surface area contributed by atoms with Crippen molar-refractivity contribution in [2.45, 2.75) is 6.23 Å². The molecule has 0 radical (unpaired) electrons. The summed E-state index contributed by atoms with van der Waals surface area (Å²) in [5.74, 6) is 0.881. The topological polar surface area (TPSA) is 24.5 Å². The summed E-state index contributed by atoms with van der Waals surface area (Å²) in [6.07, 6.45) is -0.273. The molecule has 218 valence electrons. The molecule has 1 aliphatic rings. The van der Waals surface area contributed by atoms with Crippen molar-refractivity contribution in [3.63, 3.8) is 0 Å². The molecule has 1 aliphatic heterocycles. The molecule has 0 amide bonds. The van der Waals surface area contributed by atoms with E-state index in [1.54, 1.807) is 0 Å². The third-order valence-corrected chi connectivity index (χ3v) is 9.06. The highest BCUT2D eigenvalue weighted by molar-refractivity contribution is 6.21. The maximum atomic E-state index is 6.85. The van der Waals surface area contributed by atoms with Gasteiger partial charge in [0.05, 0.1) is 16.8 Å². The standard InChI is InChI=1S/C43H30N2O/c1-3-13-31(14-4-1)43-44-41-38-19-10-9-18-36(38)37-20-11-21-39(40(37)42(41)46-43)45(34-16-5-2-6-17-34)35-26-24-30(25-27-35)33-23-22-29-12-7-8-15-32(29)28-33/h1-28,43-44H. The largest absolute Gasteiger partial charge is 0.464 e. The average molecular weight is 591 g/mol. The number of fused-ring (bicyclic) bond motifs is 7. The van der Waals surface area contributed by atoms with Crippen LogP contribution in [0.3, 0.4) is 0 Å². The quantitative estimate of drug-likeness (QED) is 0.202. The fourth-order valence-corrected chi connectivity index (χ4v) is 6.87. The minimum Gasteiger partial charge on any atom is -0.464 e. The van der Waals surface area contributed by atoms with Crippen LogP contribution in [0.1, 0.15) is 11.8 Å². The third-order valence-electron chi connectivity index (χ3n) is 9.06. The first-order valence-corrected chi connectivity index (χ1v) is 15.7. The zero-order valence-electron chi connectivity index (χ0n) is 25.1. The smallest absolute Gasteiger partial charge is 0.196 e. The van der Waals surface area contributed by atoms with Gasteiger partial charge in [0.25, 0.3) is 0 Å². The van der Waals surface area contributed by atoms with E-state index in [-0.39, 0.29) is 6.23 Å². The summed E-state index contributed by atoms with van der Waals surface area (Å²) in [6, 6.07) is 60.3. The van der Waals surface area contributed by atoms with Gasteiger partial charge in [0.15, 0.2) is 12.0 Å². The van der Waals surface area contributed by atoms with E-state index in [9.17, 15) is 0 Å². The van der Waals surface area contributed by atoms with Gasteiger partial charge in [0.1, 0.15) is 0 Å². The van der Waals surface area contributed by atoms with E-state index >= 15 is 0 Å². The normalized spacial score (nSPS) is 13.8. The number of hydrogen-bond acceptors (Lipinski definition) is 3. The minimum absolute atomic E-state index is 0.273. The molecule has 1 heterocycles. The number of rotatable bonds is 5.